The summed E-state index contributed by atoms with van der Waals surface area (Å²) in [5.41, 5.74) is 2.32. The molecule has 2 heterocycles. The molecular weight excluding hydrogens is 390 g/mol. The molecule has 3 rings (SSSR count). The maximum absolute atomic E-state index is 12.8. The SMILES string of the molecule is CNC(=O)CN(C)C(=O)CN1CCc2cc(OC)c(OC)cc2[C@H]1c1cccs1. The summed E-state index contributed by atoms with van der Waals surface area (Å²) in [6, 6.07) is 8.12. The Hall–Kier alpha value is -2.58. The molecule has 156 valence electrons. The summed E-state index contributed by atoms with van der Waals surface area (Å²) >= 11 is 1.67. The average molecular weight is 418 g/mol. The molecule has 0 radical (unpaired) electrons. The molecule has 1 aromatic heterocycles. The quantitative estimate of drug-likeness (QED) is 0.745. The molecule has 8 heteroatoms. The molecule has 2 amide bonds. The van der Waals surface area contributed by atoms with Gasteiger partial charge in [-0.25, -0.2) is 0 Å². The number of amides is 2. The monoisotopic (exact) mass is 417 g/mol. The third kappa shape index (κ3) is 4.54. The smallest absolute Gasteiger partial charge is 0.239 e. The van der Waals surface area contributed by atoms with E-state index in [2.05, 4.69) is 16.3 Å². The van der Waals surface area contributed by atoms with E-state index in [1.54, 1.807) is 39.7 Å². The molecule has 2 aromatic rings. The highest BCUT2D eigenvalue weighted by Crippen LogP contribution is 2.42. The van der Waals surface area contributed by atoms with Crippen LogP contribution in [0.15, 0.2) is 29.6 Å². The van der Waals surface area contributed by atoms with Crippen molar-refractivity contribution in [1.29, 1.82) is 0 Å². The number of benzene rings is 1. The Morgan fingerprint density at radius 2 is 2.00 bits per heavy atom. The van der Waals surface area contributed by atoms with Gasteiger partial charge in [0, 0.05) is 25.5 Å². The predicted octanol–water partition coefficient (Wildman–Crippen LogP) is 1.92. The Morgan fingerprint density at radius 1 is 1.28 bits per heavy atom. The highest BCUT2D eigenvalue weighted by atomic mass is 32.1. The van der Waals surface area contributed by atoms with Crippen molar-refractivity contribution < 1.29 is 19.1 Å². The number of ether oxygens (including phenoxy) is 2. The van der Waals surface area contributed by atoms with Gasteiger partial charge in [-0.3, -0.25) is 14.5 Å². The van der Waals surface area contributed by atoms with Gasteiger partial charge in [0.1, 0.15) is 0 Å². The maximum atomic E-state index is 12.8. The van der Waals surface area contributed by atoms with E-state index in [1.165, 1.54) is 15.3 Å². The van der Waals surface area contributed by atoms with E-state index in [4.69, 9.17) is 9.47 Å². The fourth-order valence-electron chi connectivity index (χ4n) is 3.63. The van der Waals surface area contributed by atoms with Gasteiger partial charge < -0.3 is 19.7 Å². The molecule has 1 aliphatic heterocycles. The molecule has 0 spiro atoms. The van der Waals surface area contributed by atoms with Gasteiger partial charge in [-0.15, -0.1) is 11.3 Å². The van der Waals surface area contributed by atoms with Gasteiger partial charge in [0.05, 0.1) is 33.4 Å². The molecule has 0 unspecified atom stereocenters. The fraction of sp³-hybridized carbons (Fsp3) is 0.429. The Morgan fingerprint density at radius 3 is 2.62 bits per heavy atom. The first-order valence-electron chi connectivity index (χ1n) is 9.45. The molecule has 0 saturated heterocycles. The highest BCUT2D eigenvalue weighted by Gasteiger charge is 2.32. The number of fused-ring (bicyclic) bond motifs is 1. The molecule has 1 aromatic carbocycles. The van der Waals surface area contributed by atoms with Gasteiger partial charge in [-0.2, -0.15) is 0 Å². The zero-order valence-electron chi connectivity index (χ0n) is 17.2. The van der Waals surface area contributed by atoms with Crippen LogP contribution in [0.3, 0.4) is 0 Å². The van der Waals surface area contributed by atoms with Crippen LogP contribution in [0.1, 0.15) is 22.0 Å². The minimum Gasteiger partial charge on any atom is -0.493 e. The summed E-state index contributed by atoms with van der Waals surface area (Å²) in [4.78, 5) is 29.2. The van der Waals surface area contributed by atoms with Gasteiger partial charge in [-0.05, 0) is 41.1 Å². The summed E-state index contributed by atoms with van der Waals surface area (Å²) < 4.78 is 11.0. The number of likely N-dealkylation sites (N-methyl/N-ethyl adjacent to an activating group) is 2. The Balaban J connectivity index is 1.91. The predicted molar refractivity (Wildman–Crippen MR) is 113 cm³/mol. The molecule has 0 fully saturated rings. The van der Waals surface area contributed by atoms with Crippen molar-refractivity contribution in [3.8, 4) is 11.5 Å². The van der Waals surface area contributed by atoms with Crippen LogP contribution in [0.2, 0.25) is 0 Å². The molecule has 1 N–H and O–H groups in total. The number of hydrogen-bond acceptors (Lipinski definition) is 6. The van der Waals surface area contributed by atoms with E-state index in [1.807, 2.05) is 23.6 Å². The maximum Gasteiger partial charge on any atom is 0.239 e. The lowest BCUT2D eigenvalue weighted by molar-refractivity contribution is -0.135. The second kappa shape index (κ2) is 9.28. The number of methoxy groups -OCH3 is 2. The van der Waals surface area contributed by atoms with Crippen LogP contribution in [0.5, 0.6) is 11.5 Å². The molecule has 0 bridgehead atoms. The summed E-state index contributed by atoms with van der Waals surface area (Å²) in [5, 5.41) is 4.60. The normalized spacial score (nSPS) is 16.1. The Bertz CT molecular complexity index is 869. The van der Waals surface area contributed by atoms with Crippen LogP contribution in [0.4, 0.5) is 0 Å². The van der Waals surface area contributed by atoms with Crippen molar-refractivity contribution in [2.24, 2.45) is 0 Å². The van der Waals surface area contributed by atoms with Crippen LogP contribution in [0, 0.1) is 0 Å². The Kier molecular flexibility index (Phi) is 6.76. The number of thiophene rings is 1. The second-order valence-corrected chi connectivity index (χ2v) is 7.95. The van der Waals surface area contributed by atoms with Gasteiger partial charge in [0.15, 0.2) is 11.5 Å². The minimum atomic E-state index is -0.184. The minimum absolute atomic E-state index is 0.0455. The number of rotatable bonds is 7. The molecule has 1 aliphatic rings. The number of carbonyl (C=O) groups is 2. The lowest BCUT2D eigenvalue weighted by Gasteiger charge is -2.37. The zero-order chi connectivity index (χ0) is 21.0. The highest BCUT2D eigenvalue weighted by molar-refractivity contribution is 7.10. The first-order chi connectivity index (χ1) is 14.0. The molecule has 0 aliphatic carbocycles. The van der Waals surface area contributed by atoms with Crippen LogP contribution >= 0.6 is 11.3 Å². The van der Waals surface area contributed by atoms with E-state index in [-0.39, 0.29) is 30.9 Å². The lowest BCUT2D eigenvalue weighted by atomic mass is 9.91. The fourth-order valence-corrected chi connectivity index (χ4v) is 4.50. The molecule has 7 nitrogen and oxygen atoms in total. The Labute approximate surface area is 175 Å². The standard InChI is InChI=1S/C21H27N3O4S/c1-22-19(25)12-23(2)20(26)13-24-8-7-14-10-16(27-3)17(28-4)11-15(14)21(24)18-6-5-9-29-18/h5-6,9-11,21H,7-8,12-13H2,1-4H3,(H,22,25)/t21-/m0/s1. The van der Waals surface area contributed by atoms with E-state index < -0.39 is 0 Å². The van der Waals surface area contributed by atoms with Crippen molar-refractivity contribution in [1.82, 2.24) is 15.1 Å². The van der Waals surface area contributed by atoms with Crippen LogP contribution in [-0.2, 0) is 16.0 Å². The van der Waals surface area contributed by atoms with E-state index >= 15 is 0 Å². The summed E-state index contributed by atoms with van der Waals surface area (Å²) in [6.07, 6.45) is 0.810. The van der Waals surface area contributed by atoms with Crippen molar-refractivity contribution in [3.05, 3.63) is 45.6 Å². The van der Waals surface area contributed by atoms with Gasteiger partial charge >= 0.3 is 0 Å². The number of hydrogen-bond donors (Lipinski definition) is 1. The zero-order valence-corrected chi connectivity index (χ0v) is 18.0. The van der Waals surface area contributed by atoms with Gasteiger partial charge in [-0.1, -0.05) is 6.07 Å². The molecule has 0 saturated carbocycles. The van der Waals surface area contributed by atoms with Crippen LogP contribution in [0.25, 0.3) is 0 Å². The van der Waals surface area contributed by atoms with Crippen molar-refractivity contribution in [3.63, 3.8) is 0 Å². The summed E-state index contributed by atoms with van der Waals surface area (Å²) in [5.74, 6) is 1.12. The molecule has 1 atom stereocenters. The topological polar surface area (TPSA) is 71.1 Å². The summed E-state index contributed by atoms with van der Waals surface area (Å²) in [6.45, 7) is 1.03. The lowest BCUT2D eigenvalue weighted by Crippen LogP contribution is -2.45. The largest absolute Gasteiger partial charge is 0.493 e. The van der Waals surface area contributed by atoms with E-state index in [0.717, 1.165) is 18.5 Å². The average Bonchev–Trinajstić information content (AvgIpc) is 3.26. The first kappa shape index (κ1) is 21.1. The third-order valence-corrected chi connectivity index (χ3v) is 6.13. The summed E-state index contributed by atoms with van der Waals surface area (Å²) in [7, 11) is 6.49. The van der Waals surface area contributed by atoms with Crippen LogP contribution in [-0.4, -0.2) is 69.6 Å². The van der Waals surface area contributed by atoms with Gasteiger partial charge in [0.2, 0.25) is 11.8 Å². The van der Waals surface area contributed by atoms with Crippen molar-refractivity contribution in [2.45, 2.75) is 12.5 Å². The van der Waals surface area contributed by atoms with E-state index in [0.29, 0.717) is 11.5 Å². The molecule has 29 heavy (non-hydrogen) atoms. The number of carbonyl (C=O) groups excluding carboxylic acids is 2. The third-order valence-electron chi connectivity index (χ3n) is 5.21. The van der Waals surface area contributed by atoms with E-state index in [9.17, 15) is 9.59 Å². The number of nitrogens with one attached hydrogen (secondary N) is 1. The van der Waals surface area contributed by atoms with Crippen molar-refractivity contribution >= 4 is 23.2 Å². The first-order valence-corrected chi connectivity index (χ1v) is 10.3. The van der Waals surface area contributed by atoms with Crippen molar-refractivity contribution in [2.75, 3.05) is 47.9 Å². The molecular formula is C21H27N3O4S. The van der Waals surface area contributed by atoms with Crippen LogP contribution < -0.4 is 14.8 Å². The van der Waals surface area contributed by atoms with Gasteiger partial charge in [0.25, 0.3) is 0 Å². The second-order valence-electron chi connectivity index (χ2n) is 6.97. The number of nitrogens with zero attached hydrogens (tertiary/aromatic N) is 2.